The molecule has 2 aromatic rings. The second-order valence-corrected chi connectivity index (χ2v) is 7.28. The number of ether oxygens (including phenoxy) is 1. The summed E-state index contributed by atoms with van der Waals surface area (Å²) in [6, 6.07) is 18.6. The molecule has 4 heteroatoms. The predicted octanol–water partition coefficient (Wildman–Crippen LogP) is 4.17. The van der Waals surface area contributed by atoms with Crippen LogP contribution >= 0.6 is 0 Å². The van der Waals surface area contributed by atoms with Crippen LogP contribution in [-0.4, -0.2) is 31.0 Å². The van der Waals surface area contributed by atoms with Crippen LogP contribution in [0.15, 0.2) is 54.6 Å². The van der Waals surface area contributed by atoms with E-state index in [0.717, 1.165) is 50.2 Å². The van der Waals surface area contributed by atoms with Crippen molar-refractivity contribution in [3.05, 3.63) is 65.7 Å². The molecular formula is C23H30N2O2. The van der Waals surface area contributed by atoms with E-state index in [0.29, 0.717) is 0 Å². The first-order valence-electron chi connectivity index (χ1n) is 9.90. The predicted molar refractivity (Wildman–Crippen MR) is 109 cm³/mol. The van der Waals surface area contributed by atoms with E-state index >= 15 is 0 Å². The number of carbonyl (C=O) groups excluding carboxylic acids is 1. The maximum absolute atomic E-state index is 12.8. The highest BCUT2D eigenvalue weighted by Crippen LogP contribution is 2.23. The topological polar surface area (TPSA) is 41.6 Å². The Bertz CT molecular complexity index is 707. The Hall–Kier alpha value is -2.33. The lowest BCUT2D eigenvalue weighted by Gasteiger charge is -2.32. The van der Waals surface area contributed by atoms with Crippen molar-refractivity contribution in [3.8, 4) is 5.75 Å². The number of hydrogen-bond donors (Lipinski definition) is 1. The molecule has 0 aromatic heterocycles. The summed E-state index contributed by atoms with van der Waals surface area (Å²) in [6.45, 7) is 5.04. The van der Waals surface area contributed by atoms with Crippen LogP contribution in [-0.2, 0) is 11.3 Å². The highest BCUT2D eigenvalue weighted by atomic mass is 16.5. The smallest absolute Gasteiger partial charge is 0.223 e. The van der Waals surface area contributed by atoms with E-state index < -0.39 is 0 Å². The number of benzene rings is 2. The van der Waals surface area contributed by atoms with Gasteiger partial charge in [0.05, 0.1) is 13.2 Å². The third-order valence-electron chi connectivity index (χ3n) is 5.45. The second kappa shape index (κ2) is 9.56. The van der Waals surface area contributed by atoms with Crippen LogP contribution in [0.2, 0.25) is 0 Å². The SMILES string of the molecule is CCC(NC(=O)C1CCN(Cc2ccccc2)CC1)c1ccc(OC)cc1. The van der Waals surface area contributed by atoms with E-state index in [9.17, 15) is 4.79 Å². The Morgan fingerprint density at radius 3 is 2.37 bits per heavy atom. The highest BCUT2D eigenvalue weighted by molar-refractivity contribution is 5.79. The van der Waals surface area contributed by atoms with Gasteiger partial charge < -0.3 is 10.1 Å². The molecule has 0 bridgehead atoms. The first kappa shape index (κ1) is 19.4. The minimum Gasteiger partial charge on any atom is -0.497 e. The van der Waals surface area contributed by atoms with Crippen LogP contribution in [0.25, 0.3) is 0 Å². The Labute approximate surface area is 162 Å². The largest absolute Gasteiger partial charge is 0.497 e. The maximum Gasteiger partial charge on any atom is 0.223 e. The molecule has 1 fully saturated rings. The fourth-order valence-corrected chi connectivity index (χ4v) is 3.74. The Kier molecular flexibility index (Phi) is 6.88. The fourth-order valence-electron chi connectivity index (χ4n) is 3.74. The van der Waals surface area contributed by atoms with Crippen molar-refractivity contribution >= 4 is 5.91 Å². The second-order valence-electron chi connectivity index (χ2n) is 7.28. The molecule has 1 aliphatic heterocycles. The molecule has 4 nitrogen and oxygen atoms in total. The lowest BCUT2D eigenvalue weighted by atomic mass is 9.94. The number of rotatable bonds is 7. The molecule has 3 rings (SSSR count). The molecule has 1 amide bonds. The molecule has 0 saturated carbocycles. The van der Waals surface area contributed by atoms with Crippen LogP contribution < -0.4 is 10.1 Å². The highest BCUT2D eigenvalue weighted by Gasteiger charge is 2.26. The quantitative estimate of drug-likeness (QED) is 0.799. The number of hydrogen-bond acceptors (Lipinski definition) is 3. The van der Waals surface area contributed by atoms with E-state index in [1.54, 1.807) is 7.11 Å². The fraction of sp³-hybridized carbons (Fsp3) is 0.435. The summed E-state index contributed by atoms with van der Waals surface area (Å²) in [5.41, 5.74) is 2.47. The van der Waals surface area contributed by atoms with E-state index in [1.807, 2.05) is 30.3 Å². The minimum absolute atomic E-state index is 0.0609. The van der Waals surface area contributed by atoms with Crippen molar-refractivity contribution in [3.63, 3.8) is 0 Å². The van der Waals surface area contributed by atoms with Crippen LogP contribution in [0.5, 0.6) is 5.75 Å². The average molecular weight is 367 g/mol. The number of likely N-dealkylation sites (tertiary alicyclic amines) is 1. The van der Waals surface area contributed by atoms with Crippen molar-refractivity contribution in [2.75, 3.05) is 20.2 Å². The van der Waals surface area contributed by atoms with Crippen LogP contribution in [0.4, 0.5) is 0 Å². The molecule has 1 unspecified atom stereocenters. The number of methoxy groups -OCH3 is 1. The third kappa shape index (κ3) is 5.33. The zero-order chi connectivity index (χ0) is 19.1. The third-order valence-corrected chi connectivity index (χ3v) is 5.45. The summed E-state index contributed by atoms with van der Waals surface area (Å²) < 4.78 is 5.22. The lowest BCUT2D eigenvalue weighted by Crippen LogP contribution is -2.41. The molecule has 1 aliphatic rings. The normalized spacial score (nSPS) is 16.7. The lowest BCUT2D eigenvalue weighted by molar-refractivity contribution is -0.127. The number of nitrogens with zero attached hydrogens (tertiary/aromatic N) is 1. The van der Waals surface area contributed by atoms with Crippen LogP contribution in [0, 0.1) is 5.92 Å². The summed E-state index contributed by atoms with van der Waals surface area (Å²) in [5, 5.41) is 3.26. The molecule has 0 spiro atoms. The number of amides is 1. The van der Waals surface area contributed by atoms with Crippen molar-refractivity contribution < 1.29 is 9.53 Å². The van der Waals surface area contributed by atoms with Crippen LogP contribution in [0.1, 0.15) is 43.4 Å². The molecule has 2 aromatic carbocycles. The van der Waals surface area contributed by atoms with Gasteiger partial charge in [-0.25, -0.2) is 0 Å². The molecule has 1 saturated heterocycles. The Balaban J connectivity index is 1.50. The Morgan fingerprint density at radius 1 is 1.11 bits per heavy atom. The zero-order valence-corrected chi connectivity index (χ0v) is 16.4. The molecule has 27 heavy (non-hydrogen) atoms. The van der Waals surface area contributed by atoms with Gasteiger partial charge in [0.2, 0.25) is 5.91 Å². The molecule has 1 N–H and O–H groups in total. The van der Waals surface area contributed by atoms with Gasteiger partial charge in [-0.05, 0) is 55.6 Å². The van der Waals surface area contributed by atoms with Crippen molar-refractivity contribution in [1.82, 2.24) is 10.2 Å². The Morgan fingerprint density at radius 2 is 1.78 bits per heavy atom. The first-order chi connectivity index (χ1) is 13.2. The van der Waals surface area contributed by atoms with Gasteiger partial charge in [0, 0.05) is 12.5 Å². The number of piperidine rings is 1. The standard InChI is InChI=1S/C23H30N2O2/c1-3-22(19-9-11-21(27-2)12-10-19)24-23(26)20-13-15-25(16-14-20)17-18-7-5-4-6-8-18/h4-12,20,22H,3,13-17H2,1-2H3,(H,24,26). The first-order valence-corrected chi connectivity index (χ1v) is 9.90. The number of nitrogens with one attached hydrogen (secondary N) is 1. The van der Waals surface area contributed by atoms with E-state index in [4.69, 9.17) is 4.74 Å². The molecule has 0 radical (unpaired) electrons. The van der Waals surface area contributed by atoms with Gasteiger partial charge in [0.25, 0.3) is 0 Å². The van der Waals surface area contributed by atoms with Crippen molar-refractivity contribution in [2.45, 2.75) is 38.8 Å². The monoisotopic (exact) mass is 366 g/mol. The van der Waals surface area contributed by atoms with Gasteiger partial charge in [-0.1, -0.05) is 49.4 Å². The van der Waals surface area contributed by atoms with E-state index in [1.165, 1.54) is 5.56 Å². The molecular weight excluding hydrogens is 336 g/mol. The minimum atomic E-state index is 0.0609. The van der Waals surface area contributed by atoms with E-state index in [-0.39, 0.29) is 17.9 Å². The molecule has 0 aliphatic carbocycles. The van der Waals surface area contributed by atoms with E-state index in [2.05, 4.69) is 41.4 Å². The number of carbonyl (C=O) groups is 1. The van der Waals surface area contributed by atoms with Gasteiger partial charge >= 0.3 is 0 Å². The van der Waals surface area contributed by atoms with Crippen molar-refractivity contribution in [1.29, 1.82) is 0 Å². The summed E-state index contributed by atoms with van der Waals surface area (Å²) in [5.74, 6) is 1.15. The molecule has 144 valence electrons. The van der Waals surface area contributed by atoms with Gasteiger partial charge in [-0.15, -0.1) is 0 Å². The zero-order valence-electron chi connectivity index (χ0n) is 16.4. The van der Waals surface area contributed by atoms with Gasteiger partial charge in [-0.2, -0.15) is 0 Å². The summed E-state index contributed by atoms with van der Waals surface area (Å²) in [6.07, 6.45) is 2.74. The molecule has 1 heterocycles. The average Bonchev–Trinajstić information content (AvgIpc) is 2.73. The van der Waals surface area contributed by atoms with Crippen LogP contribution in [0.3, 0.4) is 0 Å². The van der Waals surface area contributed by atoms with Gasteiger partial charge in [0.15, 0.2) is 0 Å². The van der Waals surface area contributed by atoms with Gasteiger partial charge in [-0.3, -0.25) is 9.69 Å². The van der Waals surface area contributed by atoms with Crippen molar-refractivity contribution in [2.24, 2.45) is 5.92 Å². The summed E-state index contributed by atoms with van der Waals surface area (Å²) in [7, 11) is 1.66. The summed E-state index contributed by atoms with van der Waals surface area (Å²) >= 11 is 0. The molecule has 1 atom stereocenters. The van der Waals surface area contributed by atoms with Gasteiger partial charge in [0.1, 0.15) is 5.75 Å². The maximum atomic E-state index is 12.8. The summed E-state index contributed by atoms with van der Waals surface area (Å²) in [4.78, 5) is 15.2.